The molecule has 134 valence electrons. The van der Waals surface area contributed by atoms with Crippen LogP contribution in [-0.4, -0.2) is 25.6 Å². The smallest absolute Gasteiger partial charge is 0.350 e. The second-order valence-electron chi connectivity index (χ2n) is 5.24. The normalized spacial score (nSPS) is 10.6. The van der Waals surface area contributed by atoms with Crippen molar-refractivity contribution < 1.29 is 23.5 Å². The molecule has 1 aromatic heterocycles. The summed E-state index contributed by atoms with van der Waals surface area (Å²) in [4.78, 5) is 24.3. The van der Waals surface area contributed by atoms with E-state index in [4.69, 9.17) is 21.1 Å². The summed E-state index contributed by atoms with van der Waals surface area (Å²) < 4.78 is 24.0. The van der Waals surface area contributed by atoms with Crippen LogP contribution < -0.4 is 10.1 Å². The van der Waals surface area contributed by atoms with E-state index >= 15 is 0 Å². The van der Waals surface area contributed by atoms with Crippen LogP contribution in [0.1, 0.15) is 9.67 Å². The number of halogens is 2. The Labute approximate surface area is 157 Å². The standard InChI is InChI=1S/C18H13ClFNO4S/c1-24-12-5-6-13-14(8-12)26-17(16(13)19)18(23)25-9-15(22)21-11-4-2-3-10(20)7-11/h2-8H,9H2,1H3,(H,21,22). The zero-order valence-corrected chi connectivity index (χ0v) is 15.1. The molecule has 5 nitrogen and oxygen atoms in total. The maximum absolute atomic E-state index is 13.1. The molecule has 0 fully saturated rings. The number of anilines is 1. The summed E-state index contributed by atoms with van der Waals surface area (Å²) in [7, 11) is 1.54. The van der Waals surface area contributed by atoms with Crippen LogP contribution in [0.4, 0.5) is 10.1 Å². The summed E-state index contributed by atoms with van der Waals surface area (Å²) in [6, 6.07) is 10.7. The molecule has 0 aliphatic rings. The predicted octanol–water partition coefficient (Wildman–Crippen LogP) is 4.50. The minimum Gasteiger partial charge on any atom is -0.497 e. The number of esters is 1. The van der Waals surface area contributed by atoms with Gasteiger partial charge in [0.25, 0.3) is 5.91 Å². The van der Waals surface area contributed by atoms with E-state index in [9.17, 15) is 14.0 Å². The van der Waals surface area contributed by atoms with Crippen molar-refractivity contribution in [3.05, 3.63) is 58.2 Å². The van der Waals surface area contributed by atoms with Crippen LogP contribution >= 0.6 is 22.9 Å². The van der Waals surface area contributed by atoms with E-state index in [-0.39, 0.29) is 15.6 Å². The second kappa shape index (κ2) is 7.72. The summed E-state index contributed by atoms with van der Waals surface area (Å²) >= 11 is 7.39. The fourth-order valence-corrected chi connectivity index (χ4v) is 3.69. The number of hydrogen-bond acceptors (Lipinski definition) is 5. The first-order chi connectivity index (χ1) is 12.5. The highest BCUT2D eigenvalue weighted by Crippen LogP contribution is 2.37. The van der Waals surface area contributed by atoms with Crippen LogP contribution in [0.5, 0.6) is 5.75 Å². The van der Waals surface area contributed by atoms with E-state index in [2.05, 4.69) is 5.32 Å². The number of carbonyl (C=O) groups is 2. The van der Waals surface area contributed by atoms with Crippen LogP contribution in [0.2, 0.25) is 5.02 Å². The predicted molar refractivity (Wildman–Crippen MR) is 98.7 cm³/mol. The van der Waals surface area contributed by atoms with Gasteiger partial charge in [-0.25, -0.2) is 9.18 Å². The Kier molecular flexibility index (Phi) is 5.39. The molecule has 8 heteroatoms. The number of ether oxygens (including phenoxy) is 2. The third kappa shape index (κ3) is 3.95. The Morgan fingerprint density at radius 1 is 1.23 bits per heavy atom. The third-order valence-electron chi connectivity index (χ3n) is 3.46. The molecule has 1 amide bonds. The van der Waals surface area contributed by atoms with Crippen LogP contribution in [0, 0.1) is 5.82 Å². The van der Waals surface area contributed by atoms with Crippen molar-refractivity contribution in [2.75, 3.05) is 19.0 Å². The van der Waals surface area contributed by atoms with Gasteiger partial charge in [0.2, 0.25) is 0 Å². The average Bonchev–Trinajstić information content (AvgIpc) is 2.96. The van der Waals surface area contributed by atoms with Crippen molar-refractivity contribution in [1.82, 2.24) is 0 Å². The summed E-state index contributed by atoms with van der Waals surface area (Å²) in [5.74, 6) is -1.12. The van der Waals surface area contributed by atoms with Crippen molar-refractivity contribution >= 4 is 50.6 Å². The summed E-state index contributed by atoms with van der Waals surface area (Å²) in [6.45, 7) is -0.511. The summed E-state index contributed by atoms with van der Waals surface area (Å²) in [5.41, 5.74) is 0.276. The minimum absolute atomic E-state index is 0.202. The molecule has 0 aliphatic carbocycles. The molecule has 0 unspecified atom stereocenters. The molecule has 26 heavy (non-hydrogen) atoms. The number of hydrogen-bond donors (Lipinski definition) is 1. The zero-order valence-electron chi connectivity index (χ0n) is 13.5. The molecular weight excluding hydrogens is 381 g/mol. The maximum Gasteiger partial charge on any atom is 0.350 e. The lowest BCUT2D eigenvalue weighted by Gasteiger charge is -2.06. The van der Waals surface area contributed by atoms with Gasteiger partial charge >= 0.3 is 5.97 Å². The molecule has 0 saturated carbocycles. The van der Waals surface area contributed by atoms with Crippen molar-refractivity contribution in [3.63, 3.8) is 0 Å². The van der Waals surface area contributed by atoms with E-state index < -0.39 is 24.3 Å². The van der Waals surface area contributed by atoms with Gasteiger partial charge in [0, 0.05) is 15.8 Å². The van der Waals surface area contributed by atoms with Crippen LogP contribution in [0.3, 0.4) is 0 Å². The highest BCUT2D eigenvalue weighted by atomic mass is 35.5. The van der Waals surface area contributed by atoms with Gasteiger partial charge in [-0.1, -0.05) is 17.7 Å². The van der Waals surface area contributed by atoms with Gasteiger partial charge in [0.05, 0.1) is 12.1 Å². The number of rotatable bonds is 5. The molecule has 0 atom stereocenters. The van der Waals surface area contributed by atoms with Gasteiger partial charge in [-0.05, 0) is 36.4 Å². The molecule has 0 spiro atoms. The average molecular weight is 394 g/mol. The molecule has 1 heterocycles. The third-order valence-corrected chi connectivity index (χ3v) is 5.10. The lowest BCUT2D eigenvalue weighted by Crippen LogP contribution is -2.20. The molecule has 0 aliphatic heterocycles. The lowest BCUT2D eigenvalue weighted by molar-refractivity contribution is -0.119. The molecule has 3 aromatic rings. The van der Waals surface area contributed by atoms with E-state index in [1.54, 1.807) is 25.3 Å². The zero-order chi connectivity index (χ0) is 18.7. The first kappa shape index (κ1) is 18.2. The monoisotopic (exact) mass is 393 g/mol. The van der Waals surface area contributed by atoms with Gasteiger partial charge in [-0.2, -0.15) is 0 Å². The van der Waals surface area contributed by atoms with Crippen molar-refractivity contribution in [3.8, 4) is 5.75 Å². The molecule has 0 radical (unpaired) electrons. The van der Waals surface area contributed by atoms with E-state index in [0.29, 0.717) is 11.1 Å². The van der Waals surface area contributed by atoms with Crippen LogP contribution in [-0.2, 0) is 9.53 Å². The SMILES string of the molecule is COc1ccc2c(Cl)c(C(=O)OCC(=O)Nc3cccc(F)c3)sc2c1. The quantitative estimate of drug-likeness (QED) is 0.648. The highest BCUT2D eigenvalue weighted by Gasteiger charge is 2.20. The minimum atomic E-state index is -0.704. The lowest BCUT2D eigenvalue weighted by atomic mass is 10.2. The van der Waals surface area contributed by atoms with Crippen molar-refractivity contribution in [2.45, 2.75) is 0 Å². The largest absolute Gasteiger partial charge is 0.497 e. The van der Waals surface area contributed by atoms with Gasteiger partial charge in [-0.3, -0.25) is 4.79 Å². The molecule has 0 saturated heterocycles. The fourth-order valence-electron chi connectivity index (χ4n) is 2.26. The Bertz CT molecular complexity index is 988. The first-order valence-electron chi connectivity index (χ1n) is 7.46. The van der Waals surface area contributed by atoms with Crippen LogP contribution in [0.15, 0.2) is 42.5 Å². The van der Waals surface area contributed by atoms with Crippen LogP contribution in [0.25, 0.3) is 10.1 Å². The number of amides is 1. The Hall–Kier alpha value is -2.64. The summed E-state index contributed by atoms with van der Waals surface area (Å²) in [6.07, 6.45) is 0. The maximum atomic E-state index is 13.1. The Morgan fingerprint density at radius 2 is 2.04 bits per heavy atom. The van der Waals surface area contributed by atoms with Gasteiger partial charge in [0.1, 0.15) is 16.4 Å². The topological polar surface area (TPSA) is 64.6 Å². The van der Waals surface area contributed by atoms with E-state index in [1.807, 2.05) is 0 Å². The molecule has 2 aromatic carbocycles. The molecule has 0 bridgehead atoms. The number of methoxy groups -OCH3 is 1. The van der Waals surface area contributed by atoms with Crippen molar-refractivity contribution in [1.29, 1.82) is 0 Å². The number of thiophene rings is 1. The fraction of sp³-hybridized carbons (Fsp3) is 0.111. The van der Waals surface area contributed by atoms with Gasteiger partial charge in [0.15, 0.2) is 6.61 Å². The second-order valence-corrected chi connectivity index (χ2v) is 6.67. The van der Waals surface area contributed by atoms with Gasteiger partial charge < -0.3 is 14.8 Å². The van der Waals surface area contributed by atoms with Crippen molar-refractivity contribution in [2.24, 2.45) is 0 Å². The number of fused-ring (bicyclic) bond motifs is 1. The number of nitrogens with one attached hydrogen (secondary N) is 1. The molecule has 1 N–H and O–H groups in total. The van der Waals surface area contributed by atoms with E-state index in [1.165, 1.54) is 18.2 Å². The Balaban J connectivity index is 1.67. The molecule has 3 rings (SSSR count). The van der Waals surface area contributed by atoms with E-state index in [0.717, 1.165) is 22.1 Å². The highest BCUT2D eigenvalue weighted by molar-refractivity contribution is 7.21. The number of carbonyl (C=O) groups excluding carboxylic acids is 2. The number of benzene rings is 2. The Morgan fingerprint density at radius 3 is 2.77 bits per heavy atom. The van der Waals surface area contributed by atoms with Gasteiger partial charge in [-0.15, -0.1) is 11.3 Å². The summed E-state index contributed by atoms with van der Waals surface area (Å²) in [5, 5.41) is 3.41. The first-order valence-corrected chi connectivity index (χ1v) is 8.66. The molecular formula is C18H13ClFNO4S.